The molecule has 2 rings (SSSR count). The van der Waals surface area contributed by atoms with E-state index in [0.29, 0.717) is 5.69 Å². The number of halogens is 1. The lowest BCUT2D eigenvalue weighted by molar-refractivity contribution is 0.0993. The maximum atomic E-state index is 12.2. The molecule has 0 radical (unpaired) electrons. The molecule has 1 aromatic heterocycles. The zero-order valence-electron chi connectivity index (χ0n) is 10.2. The highest BCUT2D eigenvalue weighted by Gasteiger charge is 2.14. The summed E-state index contributed by atoms with van der Waals surface area (Å²) in [6.07, 6.45) is 0.246. The minimum absolute atomic E-state index is 0.0144. The van der Waals surface area contributed by atoms with Gasteiger partial charge in [-0.1, -0.05) is 12.1 Å². The number of benzene rings is 1. The van der Waals surface area contributed by atoms with Gasteiger partial charge in [-0.15, -0.1) is 0 Å². The number of Topliss-reactive ketones (excluding diaryl/α,β-unsaturated/α-hetero) is 1. The fourth-order valence-corrected chi connectivity index (χ4v) is 1.84. The van der Waals surface area contributed by atoms with E-state index in [2.05, 4.69) is 15.3 Å². The van der Waals surface area contributed by atoms with E-state index in [9.17, 15) is 9.59 Å². The molecule has 0 spiro atoms. The van der Waals surface area contributed by atoms with Gasteiger partial charge >= 0.3 is 6.09 Å². The SMILES string of the molecule is O=C(O)Nc1ccccc1C(=O)Cc1ccnc(Cl)n1. The maximum Gasteiger partial charge on any atom is 0.409 e. The fraction of sp³-hybridized carbons (Fsp3) is 0.0769. The molecule has 0 bridgehead atoms. The number of amides is 1. The summed E-state index contributed by atoms with van der Waals surface area (Å²) >= 11 is 5.65. The van der Waals surface area contributed by atoms with Gasteiger partial charge in [0.2, 0.25) is 5.28 Å². The molecular weight excluding hydrogens is 282 g/mol. The highest BCUT2D eigenvalue weighted by Crippen LogP contribution is 2.17. The van der Waals surface area contributed by atoms with E-state index in [0.717, 1.165) is 0 Å². The molecule has 0 aliphatic carbocycles. The number of nitrogens with one attached hydrogen (secondary N) is 1. The molecule has 102 valence electrons. The second-order valence-corrected chi connectivity index (χ2v) is 4.23. The third kappa shape index (κ3) is 3.52. The Kier molecular flexibility index (Phi) is 4.27. The Hall–Kier alpha value is -2.47. The van der Waals surface area contributed by atoms with Gasteiger partial charge in [0, 0.05) is 11.8 Å². The van der Waals surface area contributed by atoms with Crippen molar-refractivity contribution < 1.29 is 14.7 Å². The van der Waals surface area contributed by atoms with Crippen molar-refractivity contribution in [2.24, 2.45) is 0 Å². The molecule has 0 fully saturated rings. The highest BCUT2D eigenvalue weighted by atomic mass is 35.5. The molecule has 0 aliphatic heterocycles. The predicted octanol–water partition coefficient (Wildman–Crippen LogP) is 2.65. The topological polar surface area (TPSA) is 92.2 Å². The van der Waals surface area contributed by atoms with Crippen LogP contribution in [0.25, 0.3) is 0 Å². The van der Waals surface area contributed by atoms with Gasteiger partial charge in [-0.05, 0) is 29.8 Å². The van der Waals surface area contributed by atoms with Gasteiger partial charge in [0.25, 0.3) is 0 Å². The predicted molar refractivity (Wildman–Crippen MR) is 73.2 cm³/mol. The molecule has 0 saturated carbocycles. The number of ketones is 1. The quantitative estimate of drug-likeness (QED) is 0.667. The molecule has 1 heterocycles. The van der Waals surface area contributed by atoms with E-state index in [4.69, 9.17) is 16.7 Å². The summed E-state index contributed by atoms with van der Waals surface area (Å²) in [5.41, 5.74) is 0.995. The number of carbonyl (C=O) groups excluding carboxylic acids is 1. The average molecular weight is 292 g/mol. The molecular formula is C13H10ClN3O3. The largest absolute Gasteiger partial charge is 0.465 e. The summed E-state index contributed by atoms with van der Waals surface area (Å²) in [4.78, 5) is 30.5. The molecule has 1 amide bonds. The molecule has 1 aromatic carbocycles. The maximum absolute atomic E-state index is 12.2. The van der Waals surface area contributed by atoms with Gasteiger partial charge in [-0.3, -0.25) is 10.1 Å². The molecule has 0 aliphatic rings. The lowest BCUT2D eigenvalue weighted by atomic mass is 10.0. The molecule has 2 aromatic rings. The van der Waals surface area contributed by atoms with Crippen LogP contribution in [0.1, 0.15) is 16.1 Å². The monoisotopic (exact) mass is 291 g/mol. The molecule has 20 heavy (non-hydrogen) atoms. The van der Waals surface area contributed by atoms with Crippen molar-refractivity contribution in [2.75, 3.05) is 5.32 Å². The summed E-state index contributed by atoms with van der Waals surface area (Å²) in [5.74, 6) is -0.260. The Labute approximate surface area is 119 Å². The molecule has 7 heteroatoms. The molecule has 2 N–H and O–H groups in total. The zero-order chi connectivity index (χ0) is 14.5. The fourth-order valence-electron chi connectivity index (χ4n) is 1.68. The number of rotatable bonds is 4. The number of hydrogen-bond acceptors (Lipinski definition) is 4. The van der Waals surface area contributed by atoms with Crippen LogP contribution in [0.15, 0.2) is 36.5 Å². The van der Waals surface area contributed by atoms with Crippen molar-refractivity contribution in [1.82, 2.24) is 9.97 Å². The summed E-state index contributed by atoms with van der Waals surface area (Å²) < 4.78 is 0. The first-order valence-electron chi connectivity index (χ1n) is 5.66. The number of carbonyl (C=O) groups is 2. The standard InChI is InChI=1S/C13H10ClN3O3/c14-12-15-6-5-8(16-12)7-11(18)9-3-1-2-4-10(9)17-13(19)20/h1-6,17H,7H2,(H,19,20). The van der Waals surface area contributed by atoms with Crippen LogP contribution in [0.5, 0.6) is 0 Å². The number of anilines is 1. The van der Waals surface area contributed by atoms with E-state index in [1.807, 2.05) is 0 Å². The van der Waals surface area contributed by atoms with Crippen LogP contribution >= 0.6 is 11.6 Å². The van der Waals surface area contributed by atoms with E-state index < -0.39 is 6.09 Å². The minimum atomic E-state index is -1.23. The number of nitrogens with zero attached hydrogens (tertiary/aromatic N) is 2. The Morgan fingerprint density at radius 3 is 2.70 bits per heavy atom. The smallest absolute Gasteiger partial charge is 0.409 e. The van der Waals surface area contributed by atoms with Gasteiger partial charge in [0.1, 0.15) is 0 Å². The van der Waals surface area contributed by atoms with E-state index in [-0.39, 0.29) is 28.7 Å². The van der Waals surface area contributed by atoms with Gasteiger partial charge < -0.3 is 5.11 Å². The van der Waals surface area contributed by atoms with E-state index >= 15 is 0 Å². The molecule has 0 unspecified atom stereocenters. The number of aromatic nitrogens is 2. The van der Waals surface area contributed by atoms with Crippen molar-refractivity contribution >= 4 is 29.2 Å². The molecule has 0 saturated heterocycles. The first kappa shape index (κ1) is 14.0. The van der Waals surface area contributed by atoms with Crippen LogP contribution in [0, 0.1) is 0 Å². The van der Waals surface area contributed by atoms with Crippen molar-refractivity contribution in [3.8, 4) is 0 Å². The Bertz CT molecular complexity index is 661. The van der Waals surface area contributed by atoms with Gasteiger partial charge in [0.15, 0.2) is 5.78 Å². The van der Waals surface area contributed by atoms with Crippen molar-refractivity contribution in [2.45, 2.75) is 6.42 Å². The van der Waals surface area contributed by atoms with Crippen LogP contribution in [0.3, 0.4) is 0 Å². The highest BCUT2D eigenvalue weighted by molar-refractivity contribution is 6.28. The van der Waals surface area contributed by atoms with Crippen LogP contribution in [0.4, 0.5) is 10.5 Å². The van der Waals surface area contributed by atoms with E-state index in [1.165, 1.54) is 12.3 Å². The van der Waals surface area contributed by atoms with Crippen LogP contribution in [-0.4, -0.2) is 27.0 Å². The third-order valence-electron chi connectivity index (χ3n) is 2.49. The number of para-hydroxylation sites is 1. The summed E-state index contributed by atoms with van der Waals surface area (Å²) in [7, 11) is 0. The first-order valence-corrected chi connectivity index (χ1v) is 6.03. The van der Waals surface area contributed by atoms with Crippen molar-refractivity contribution in [3.63, 3.8) is 0 Å². The van der Waals surface area contributed by atoms with Crippen LogP contribution in [0.2, 0.25) is 5.28 Å². The second kappa shape index (κ2) is 6.12. The second-order valence-electron chi connectivity index (χ2n) is 3.89. The van der Waals surface area contributed by atoms with Crippen molar-refractivity contribution in [3.05, 3.63) is 53.1 Å². The van der Waals surface area contributed by atoms with Gasteiger partial charge in [0.05, 0.1) is 17.8 Å². The Morgan fingerprint density at radius 2 is 2.00 bits per heavy atom. The molecule has 6 nitrogen and oxygen atoms in total. The van der Waals surface area contributed by atoms with Crippen molar-refractivity contribution in [1.29, 1.82) is 0 Å². The Balaban J connectivity index is 2.23. The number of carboxylic acid groups (broad SMARTS) is 1. The zero-order valence-corrected chi connectivity index (χ0v) is 11.0. The molecule has 0 atom stereocenters. The first-order chi connectivity index (χ1) is 9.56. The lowest BCUT2D eigenvalue weighted by Gasteiger charge is -2.07. The van der Waals surface area contributed by atoms with Gasteiger partial charge in [-0.25, -0.2) is 14.8 Å². The Morgan fingerprint density at radius 1 is 1.25 bits per heavy atom. The average Bonchev–Trinajstić information content (AvgIpc) is 2.38. The third-order valence-corrected chi connectivity index (χ3v) is 2.68. The van der Waals surface area contributed by atoms with E-state index in [1.54, 1.807) is 24.3 Å². The number of hydrogen-bond donors (Lipinski definition) is 2. The summed E-state index contributed by atoms with van der Waals surface area (Å²) in [6.45, 7) is 0. The van der Waals surface area contributed by atoms with Crippen LogP contribution in [-0.2, 0) is 6.42 Å². The summed E-state index contributed by atoms with van der Waals surface area (Å²) in [6, 6.07) is 7.96. The lowest BCUT2D eigenvalue weighted by Crippen LogP contribution is -2.13. The normalized spacial score (nSPS) is 10.1. The van der Waals surface area contributed by atoms with Gasteiger partial charge in [-0.2, -0.15) is 0 Å². The summed E-state index contributed by atoms with van der Waals surface area (Å²) in [5, 5.41) is 11.0. The minimum Gasteiger partial charge on any atom is -0.465 e. The van der Waals surface area contributed by atoms with Crippen LogP contribution < -0.4 is 5.32 Å².